The van der Waals surface area contributed by atoms with Crippen LogP contribution >= 0.6 is 34.8 Å². The molecule has 2 atom stereocenters. The molecule has 0 N–H and O–H groups in total. The Hall–Kier alpha value is -1.22. The summed E-state index contributed by atoms with van der Waals surface area (Å²) in [6.07, 6.45) is 0.843. The number of nitrogens with zero attached hydrogens (tertiary/aromatic N) is 1. The highest BCUT2D eigenvalue weighted by Gasteiger charge is 2.45. The summed E-state index contributed by atoms with van der Waals surface area (Å²) in [7, 11) is 1.79. The van der Waals surface area contributed by atoms with Crippen LogP contribution < -0.4 is 0 Å². The first kappa shape index (κ1) is 16.6. The van der Waals surface area contributed by atoms with Gasteiger partial charge in [0.2, 0.25) is 5.91 Å². The molecule has 0 saturated heterocycles. The molecule has 2 aromatic rings. The van der Waals surface area contributed by atoms with Gasteiger partial charge < -0.3 is 4.90 Å². The topological polar surface area (TPSA) is 20.3 Å². The van der Waals surface area contributed by atoms with E-state index >= 15 is 0 Å². The molecule has 1 saturated carbocycles. The maximum Gasteiger partial charge on any atom is 0.226 e. The van der Waals surface area contributed by atoms with E-state index in [0.29, 0.717) is 16.6 Å². The first-order valence-corrected chi connectivity index (χ1v) is 8.54. The van der Waals surface area contributed by atoms with Crippen LogP contribution in [0.4, 0.5) is 0 Å². The van der Waals surface area contributed by atoms with Gasteiger partial charge in [-0.1, -0.05) is 65.1 Å². The average Bonchev–Trinajstić information content (AvgIpc) is 3.32. The quantitative estimate of drug-likeness (QED) is 0.706. The summed E-state index contributed by atoms with van der Waals surface area (Å²) in [6.45, 7) is 0.448. The van der Waals surface area contributed by atoms with E-state index in [0.717, 1.165) is 22.6 Å². The number of carbonyl (C=O) groups is 1. The molecule has 3 rings (SSSR count). The highest BCUT2D eigenvalue weighted by Crippen LogP contribution is 2.50. The average molecular weight is 369 g/mol. The lowest BCUT2D eigenvalue weighted by Crippen LogP contribution is -2.28. The second kappa shape index (κ2) is 6.72. The van der Waals surface area contributed by atoms with E-state index in [1.54, 1.807) is 18.0 Å². The Bertz CT molecular complexity index is 747. The van der Waals surface area contributed by atoms with Gasteiger partial charge >= 0.3 is 0 Å². The van der Waals surface area contributed by atoms with Gasteiger partial charge in [0.15, 0.2) is 0 Å². The van der Waals surface area contributed by atoms with Crippen LogP contribution in [-0.4, -0.2) is 17.9 Å². The summed E-state index contributed by atoms with van der Waals surface area (Å²) in [6, 6.07) is 13.2. The molecular weight excluding hydrogens is 353 g/mol. The summed E-state index contributed by atoms with van der Waals surface area (Å²) < 4.78 is 0. The Morgan fingerprint density at radius 1 is 1.09 bits per heavy atom. The van der Waals surface area contributed by atoms with Gasteiger partial charge in [-0.3, -0.25) is 4.79 Å². The molecule has 0 heterocycles. The summed E-state index contributed by atoms with van der Waals surface area (Å²) in [5.74, 6) is 0.331. The number of halogens is 3. The van der Waals surface area contributed by atoms with E-state index in [1.807, 2.05) is 36.4 Å². The van der Waals surface area contributed by atoms with Gasteiger partial charge in [0.05, 0.1) is 10.0 Å². The number of benzene rings is 2. The molecule has 0 aromatic heterocycles. The Balaban J connectivity index is 1.68. The normalized spacial score (nSPS) is 19.5. The van der Waals surface area contributed by atoms with Gasteiger partial charge in [-0.2, -0.15) is 0 Å². The van der Waals surface area contributed by atoms with E-state index in [-0.39, 0.29) is 17.7 Å². The Morgan fingerprint density at radius 3 is 2.52 bits per heavy atom. The lowest BCUT2D eigenvalue weighted by atomic mass is 10.1. The smallest absolute Gasteiger partial charge is 0.226 e. The van der Waals surface area contributed by atoms with Crippen molar-refractivity contribution >= 4 is 40.7 Å². The second-order valence-electron chi connectivity index (χ2n) is 5.88. The molecule has 2 aromatic carbocycles. The van der Waals surface area contributed by atoms with E-state index in [1.165, 1.54) is 0 Å². The van der Waals surface area contributed by atoms with Crippen LogP contribution in [0, 0.1) is 5.92 Å². The van der Waals surface area contributed by atoms with Crippen molar-refractivity contribution in [3.8, 4) is 0 Å². The minimum absolute atomic E-state index is 0.00198. The minimum Gasteiger partial charge on any atom is -0.341 e. The van der Waals surface area contributed by atoms with E-state index in [9.17, 15) is 4.79 Å². The maximum absolute atomic E-state index is 12.6. The first-order valence-electron chi connectivity index (χ1n) is 7.41. The number of hydrogen-bond donors (Lipinski definition) is 0. The van der Waals surface area contributed by atoms with Gasteiger partial charge in [0.25, 0.3) is 0 Å². The molecule has 1 amide bonds. The summed E-state index contributed by atoms with van der Waals surface area (Å²) in [4.78, 5) is 14.3. The molecule has 1 aliphatic rings. The van der Waals surface area contributed by atoms with Crippen LogP contribution in [0.3, 0.4) is 0 Å². The summed E-state index contributed by atoms with van der Waals surface area (Å²) in [5.41, 5.74) is 1.91. The highest BCUT2D eigenvalue weighted by molar-refractivity contribution is 6.42. The molecule has 0 spiro atoms. The lowest BCUT2D eigenvalue weighted by molar-refractivity contribution is -0.131. The highest BCUT2D eigenvalue weighted by atomic mass is 35.5. The van der Waals surface area contributed by atoms with Crippen molar-refractivity contribution in [3.05, 3.63) is 68.7 Å². The van der Waals surface area contributed by atoms with Crippen molar-refractivity contribution in [1.29, 1.82) is 0 Å². The zero-order chi connectivity index (χ0) is 16.6. The van der Waals surface area contributed by atoms with Crippen molar-refractivity contribution in [2.75, 3.05) is 7.05 Å². The molecule has 23 heavy (non-hydrogen) atoms. The third-order valence-corrected chi connectivity index (χ3v) is 5.43. The van der Waals surface area contributed by atoms with Crippen LogP contribution in [0.1, 0.15) is 23.5 Å². The SMILES string of the molecule is CN(Cc1cccc(Cl)c1Cl)C(=O)C1CC1c1ccccc1Cl. The number of amides is 1. The van der Waals surface area contributed by atoms with Gasteiger partial charge in [0, 0.05) is 24.5 Å². The molecule has 0 bridgehead atoms. The van der Waals surface area contributed by atoms with Gasteiger partial charge in [0.1, 0.15) is 0 Å². The summed E-state index contributed by atoms with van der Waals surface area (Å²) >= 11 is 18.4. The van der Waals surface area contributed by atoms with Crippen LogP contribution in [0.5, 0.6) is 0 Å². The summed E-state index contributed by atoms with van der Waals surface area (Å²) in [5, 5.41) is 1.74. The largest absolute Gasteiger partial charge is 0.341 e. The number of hydrogen-bond acceptors (Lipinski definition) is 1. The van der Waals surface area contributed by atoms with Gasteiger partial charge in [-0.15, -0.1) is 0 Å². The fourth-order valence-electron chi connectivity index (χ4n) is 2.87. The van der Waals surface area contributed by atoms with Gasteiger partial charge in [-0.25, -0.2) is 0 Å². The molecule has 1 aliphatic carbocycles. The van der Waals surface area contributed by atoms with E-state index in [2.05, 4.69) is 0 Å². The molecule has 0 aliphatic heterocycles. The maximum atomic E-state index is 12.6. The monoisotopic (exact) mass is 367 g/mol. The van der Waals surface area contributed by atoms with Crippen LogP contribution in [0.2, 0.25) is 15.1 Å². The lowest BCUT2D eigenvalue weighted by Gasteiger charge is -2.18. The zero-order valence-corrected chi connectivity index (χ0v) is 14.9. The Kier molecular flexibility index (Phi) is 4.86. The molecule has 2 nitrogen and oxygen atoms in total. The second-order valence-corrected chi connectivity index (χ2v) is 7.07. The van der Waals surface area contributed by atoms with E-state index < -0.39 is 0 Å². The van der Waals surface area contributed by atoms with Crippen molar-refractivity contribution in [2.45, 2.75) is 18.9 Å². The van der Waals surface area contributed by atoms with Crippen LogP contribution in [0.25, 0.3) is 0 Å². The molecule has 2 unspecified atom stereocenters. The van der Waals surface area contributed by atoms with Crippen molar-refractivity contribution < 1.29 is 4.79 Å². The molecule has 0 radical (unpaired) electrons. The standard InChI is InChI=1S/C18H16Cl3NO/c1-22(10-11-5-4-8-16(20)17(11)21)18(23)14-9-13(14)12-6-2-3-7-15(12)19/h2-8,13-14H,9-10H2,1H3. The first-order chi connectivity index (χ1) is 11.0. The molecule has 1 fully saturated rings. The molecular formula is C18H16Cl3NO. The predicted octanol–water partition coefficient (Wildman–Crippen LogP) is 5.41. The third kappa shape index (κ3) is 3.50. The van der Waals surface area contributed by atoms with Crippen molar-refractivity contribution in [1.82, 2.24) is 4.90 Å². The fourth-order valence-corrected chi connectivity index (χ4v) is 3.53. The third-order valence-electron chi connectivity index (χ3n) is 4.23. The van der Waals surface area contributed by atoms with Gasteiger partial charge in [-0.05, 0) is 35.6 Å². The molecule has 5 heteroatoms. The Labute approximate surface area is 151 Å². The minimum atomic E-state index is -0.00198. The molecule has 120 valence electrons. The number of carbonyl (C=O) groups excluding carboxylic acids is 1. The fraction of sp³-hybridized carbons (Fsp3) is 0.278. The number of rotatable bonds is 4. The predicted molar refractivity (Wildman–Crippen MR) is 95.2 cm³/mol. The van der Waals surface area contributed by atoms with Crippen molar-refractivity contribution in [3.63, 3.8) is 0 Å². The zero-order valence-electron chi connectivity index (χ0n) is 12.6. The van der Waals surface area contributed by atoms with E-state index in [4.69, 9.17) is 34.8 Å². The van der Waals surface area contributed by atoms with Crippen LogP contribution in [0.15, 0.2) is 42.5 Å². The Morgan fingerprint density at radius 2 is 1.78 bits per heavy atom. The van der Waals surface area contributed by atoms with Crippen LogP contribution in [-0.2, 0) is 11.3 Å². The van der Waals surface area contributed by atoms with Crippen molar-refractivity contribution in [2.24, 2.45) is 5.92 Å².